The third-order valence-corrected chi connectivity index (χ3v) is 3.59. The van der Waals surface area contributed by atoms with E-state index in [9.17, 15) is 4.39 Å². The molecule has 1 aromatic carbocycles. The fraction of sp³-hybridized carbons (Fsp3) is 0.438. The SMILES string of the molecule is Cc1ncc(CNC(C)(C)C)n1Cc1cccc(Cl)c1F. The van der Waals surface area contributed by atoms with Crippen molar-refractivity contribution in [2.45, 2.75) is 46.3 Å². The number of imidazole rings is 1. The van der Waals surface area contributed by atoms with Gasteiger partial charge in [0.05, 0.1) is 17.3 Å². The Balaban J connectivity index is 2.24. The highest BCUT2D eigenvalue weighted by molar-refractivity contribution is 6.30. The van der Waals surface area contributed by atoms with Gasteiger partial charge in [-0.3, -0.25) is 0 Å². The van der Waals surface area contributed by atoms with Crippen LogP contribution >= 0.6 is 11.6 Å². The number of aryl methyl sites for hydroxylation is 1. The van der Waals surface area contributed by atoms with Gasteiger partial charge in [-0.25, -0.2) is 9.37 Å². The van der Waals surface area contributed by atoms with Crippen molar-refractivity contribution in [1.29, 1.82) is 0 Å². The minimum absolute atomic E-state index is 0.0182. The van der Waals surface area contributed by atoms with Gasteiger partial charge in [-0.2, -0.15) is 0 Å². The van der Waals surface area contributed by atoms with E-state index in [0.717, 1.165) is 11.5 Å². The van der Waals surface area contributed by atoms with Crippen molar-refractivity contribution in [3.05, 3.63) is 52.3 Å². The zero-order valence-corrected chi connectivity index (χ0v) is 13.6. The number of hydrogen-bond acceptors (Lipinski definition) is 2. The molecule has 114 valence electrons. The molecular weight excluding hydrogens is 289 g/mol. The standard InChI is InChI=1S/C16H21ClFN3/c1-11-19-8-13(9-20-16(2,3)4)21(11)10-12-6-5-7-14(17)15(12)18/h5-8,20H,9-10H2,1-4H3. The summed E-state index contributed by atoms with van der Waals surface area (Å²) in [6, 6.07) is 5.07. The number of halogens is 2. The molecule has 1 aromatic heterocycles. The Morgan fingerprint density at radius 3 is 2.71 bits per heavy atom. The summed E-state index contributed by atoms with van der Waals surface area (Å²) in [5.74, 6) is 0.502. The summed E-state index contributed by atoms with van der Waals surface area (Å²) in [6.07, 6.45) is 1.83. The van der Waals surface area contributed by atoms with Gasteiger partial charge in [-0.1, -0.05) is 23.7 Å². The number of benzene rings is 1. The van der Waals surface area contributed by atoms with Gasteiger partial charge in [0.25, 0.3) is 0 Å². The first kappa shape index (κ1) is 16.0. The summed E-state index contributed by atoms with van der Waals surface area (Å²) in [6.45, 7) is 9.36. The summed E-state index contributed by atoms with van der Waals surface area (Å²) in [7, 11) is 0. The molecule has 0 saturated heterocycles. The lowest BCUT2D eigenvalue weighted by molar-refractivity contribution is 0.416. The molecule has 0 aliphatic carbocycles. The molecule has 0 amide bonds. The third-order valence-electron chi connectivity index (χ3n) is 3.30. The van der Waals surface area contributed by atoms with Crippen molar-refractivity contribution in [1.82, 2.24) is 14.9 Å². The Morgan fingerprint density at radius 1 is 1.33 bits per heavy atom. The van der Waals surface area contributed by atoms with Gasteiger partial charge in [-0.15, -0.1) is 0 Å². The fourth-order valence-corrected chi connectivity index (χ4v) is 2.26. The van der Waals surface area contributed by atoms with E-state index in [1.165, 1.54) is 0 Å². The van der Waals surface area contributed by atoms with Gasteiger partial charge < -0.3 is 9.88 Å². The zero-order chi connectivity index (χ0) is 15.6. The van der Waals surface area contributed by atoms with Gasteiger partial charge in [0.15, 0.2) is 0 Å². The Morgan fingerprint density at radius 2 is 2.05 bits per heavy atom. The van der Waals surface area contributed by atoms with Gasteiger partial charge in [0, 0.05) is 23.8 Å². The van der Waals surface area contributed by atoms with Crippen LogP contribution in [-0.4, -0.2) is 15.1 Å². The molecule has 0 radical (unpaired) electrons. The van der Waals surface area contributed by atoms with Crippen LogP contribution in [0.25, 0.3) is 0 Å². The molecule has 0 unspecified atom stereocenters. The van der Waals surface area contributed by atoms with Crippen LogP contribution in [0, 0.1) is 12.7 Å². The lowest BCUT2D eigenvalue weighted by Gasteiger charge is -2.21. The largest absolute Gasteiger partial charge is 0.326 e. The monoisotopic (exact) mass is 309 g/mol. The molecule has 0 atom stereocenters. The molecular formula is C16H21ClFN3. The second-order valence-corrected chi connectivity index (χ2v) is 6.61. The quantitative estimate of drug-likeness (QED) is 0.927. The zero-order valence-electron chi connectivity index (χ0n) is 12.9. The molecule has 5 heteroatoms. The smallest absolute Gasteiger partial charge is 0.146 e. The van der Waals surface area contributed by atoms with Crippen LogP contribution < -0.4 is 5.32 Å². The summed E-state index contributed by atoms with van der Waals surface area (Å²) in [5.41, 5.74) is 1.62. The molecule has 2 rings (SSSR count). The molecule has 0 spiro atoms. The number of nitrogens with one attached hydrogen (secondary N) is 1. The summed E-state index contributed by atoms with van der Waals surface area (Å²) in [4.78, 5) is 4.33. The van der Waals surface area contributed by atoms with Crippen LogP contribution in [0.1, 0.15) is 37.9 Å². The molecule has 0 aliphatic rings. The van der Waals surface area contributed by atoms with Crippen molar-refractivity contribution in [2.24, 2.45) is 0 Å². The van der Waals surface area contributed by atoms with Gasteiger partial charge in [0.1, 0.15) is 11.6 Å². The third kappa shape index (κ3) is 4.05. The molecule has 1 N–H and O–H groups in total. The second-order valence-electron chi connectivity index (χ2n) is 6.20. The topological polar surface area (TPSA) is 29.9 Å². The van der Waals surface area contributed by atoms with Crippen molar-refractivity contribution >= 4 is 11.6 Å². The van der Waals surface area contributed by atoms with E-state index in [0.29, 0.717) is 18.7 Å². The van der Waals surface area contributed by atoms with E-state index >= 15 is 0 Å². The first-order valence-corrected chi connectivity index (χ1v) is 7.34. The normalized spacial score (nSPS) is 11.9. The second kappa shape index (κ2) is 6.16. The Kier molecular flexibility index (Phi) is 4.69. The highest BCUT2D eigenvalue weighted by Gasteiger charge is 2.14. The molecule has 21 heavy (non-hydrogen) atoms. The van der Waals surface area contributed by atoms with Gasteiger partial charge in [0.2, 0.25) is 0 Å². The maximum Gasteiger partial charge on any atom is 0.146 e. The van der Waals surface area contributed by atoms with Gasteiger partial charge >= 0.3 is 0 Å². The van der Waals surface area contributed by atoms with E-state index in [1.807, 2.05) is 17.7 Å². The van der Waals surface area contributed by atoms with Crippen LogP contribution in [0.4, 0.5) is 4.39 Å². The average Bonchev–Trinajstić information content (AvgIpc) is 2.73. The van der Waals surface area contributed by atoms with Crippen molar-refractivity contribution < 1.29 is 4.39 Å². The number of rotatable bonds is 4. The Labute approximate surface area is 130 Å². The summed E-state index contributed by atoms with van der Waals surface area (Å²) < 4.78 is 16.1. The Hall–Kier alpha value is -1.39. The number of hydrogen-bond donors (Lipinski definition) is 1. The molecule has 2 aromatic rings. The summed E-state index contributed by atoms with van der Waals surface area (Å²) >= 11 is 5.84. The molecule has 3 nitrogen and oxygen atoms in total. The molecule has 0 aliphatic heterocycles. The average molecular weight is 310 g/mol. The maximum atomic E-state index is 14.1. The minimum atomic E-state index is -0.359. The van der Waals surface area contributed by atoms with Crippen LogP contribution in [0.15, 0.2) is 24.4 Å². The van der Waals surface area contributed by atoms with E-state index in [2.05, 4.69) is 31.1 Å². The van der Waals surface area contributed by atoms with E-state index < -0.39 is 0 Å². The predicted molar refractivity (Wildman–Crippen MR) is 84.1 cm³/mol. The summed E-state index contributed by atoms with van der Waals surface area (Å²) in [5, 5.41) is 3.58. The lowest BCUT2D eigenvalue weighted by atomic mass is 10.1. The highest BCUT2D eigenvalue weighted by atomic mass is 35.5. The van der Waals surface area contributed by atoms with Crippen molar-refractivity contribution in [3.8, 4) is 0 Å². The van der Waals surface area contributed by atoms with Crippen LogP contribution in [-0.2, 0) is 13.1 Å². The minimum Gasteiger partial charge on any atom is -0.326 e. The number of nitrogens with zero attached hydrogens (tertiary/aromatic N) is 2. The number of aromatic nitrogens is 2. The van der Waals surface area contributed by atoms with E-state index in [-0.39, 0.29) is 16.4 Å². The molecule has 1 heterocycles. The first-order valence-electron chi connectivity index (χ1n) is 6.97. The highest BCUT2D eigenvalue weighted by Crippen LogP contribution is 2.20. The van der Waals surface area contributed by atoms with E-state index in [1.54, 1.807) is 18.2 Å². The van der Waals surface area contributed by atoms with E-state index in [4.69, 9.17) is 11.6 Å². The maximum absolute atomic E-state index is 14.1. The van der Waals surface area contributed by atoms with Crippen LogP contribution in [0.5, 0.6) is 0 Å². The predicted octanol–water partition coefficient (Wildman–Crippen LogP) is 3.92. The fourth-order valence-electron chi connectivity index (χ4n) is 2.07. The molecule has 0 fully saturated rings. The van der Waals surface area contributed by atoms with Crippen LogP contribution in [0.3, 0.4) is 0 Å². The van der Waals surface area contributed by atoms with Crippen molar-refractivity contribution in [3.63, 3.8) is 0 Å². The lowest BCUT2D eigenvalue weighted by Crippen LogP contribution is -2.35. The van der Waals surface area contributed by atoms with Crippen LogP contribution in [0.2, 0.25) is 5.02 Å². The molecule has 0 bridgehead atoms. The molecule has 0 saturated carbocycles. The Bertz CT molecular complexity index is 629. The first-order chi connectivity index (χ1) is 9.78. The van der Waals surface area contributed by atoms with Gasteiger partial charge in [-0.05, 0) is 33.8 Å². The van der Waals surface area contributed by atoms with Crippen molar-refractivity contribution in [2.75, 3.05) is 0 Å².